The third-order valence-corrected chi connectivity index (χ3v) is 2.99. The summed E-state index contributed by atoms with van der Waals surface area (Å²) in [5.74, 6) is 1.48. The van der Waals surface area contributed by atoms with Crippen LogP contribution in [0.5, 0.6) is 0 Å². The van der Waals surface area contributed by atoms with Crippen molar-refractivity contribution in [2.75, 3.05) is 11.9 Å². The van der Waals surface area contributed by atoms with Gasteiger partial charge in [0.15, 0.2) is 0 Å². The number of nitrogens with one attached hydrogen (secondary N) is 2. The molecule has 0 amide bonds. The van der Waals surface area contributed by atoms with E-state index in [4.69, 9.17) is 11.6 Å². The molecule has 0 radical (unpaired) electrons. The topological polar surface area (TPSA) is 62.7 Å². The molecule has 0 bridgehead atoms. The molecule has 2 N–H and O–H groups in total. The Balaban J connectivity index is 1.98. The summed E-state index contributed by atoms with van der Waals surface area (Å²) in [4.78, 5) is 12.7. The van der Waals surface area contributed by atoms with Crippen molar-refractivity contribution in [3.63, 3.8) is 0 Å². The van der Waals surface area contributed by atoms with Crippen molar-refractivity contribution in [3.8, 4) is 0 Å². The maximum Gasteiger partial charge on any atom is 0.224 e. The summed E-state index contributed by atoms with van der Waals surface area (Å²) in [6, 6.07) is 5.68. The van der Waals surface area contributed by atoms with Crippen molar-refractivity contribution in [2.45, 2.75) is 13.0 Å². The molecule has 0 unspecified atom stereocenters. The Hall–Kier alpha value is -1.72. The number of nitrogens with zero attached hydrogens (tertiary/aromatic N) is 3. The smallest absolute Gasteiger partial charge is 0.224 e. The van der Waals surface area contributed by atoms with Gasteiger partial charge in [0.25, 0.3) is 0 Å². The van der Waals surface area contributed by atoms with Gasteiger partial charge in [-0.25, -0.2) is 15.0 Å². The quantitative estimate of drug-likeness (QED) is 0.809. The number of aromatic nitrogens is 3. The van der Waals surface area contributed by atoms with Gasteiger partial charge >= 0.3 is 0 Å². The standard InChI is InChI=1S/C12H12ClN5/c13-12-16-9-4-6-14-7-8(9)11(18-12)17-10-3-1-2-5-15-10/h1-3,5,14H,4,6-7H2,(H,15,16,17,18). The van der Waals surface area contributed by atoms with Crippen LogP contribution >= 0.6 is 11.6 Å². The van der Waals surface area contributed by atoms with Gasteiger partial charge in [-0.1, -0.05) is 6.07 Å². The van der Waals surface area contributed by atoms with Gasteiger partial charge < -0.3 is 10.6 Å². The first-order valence-electron chi connectivity index (χ1n) is 5.77. The minimum atomic E-state index is 0.272. The molecule has 3 rings (SSSR count). The first kappa shape index (κ1) is 11.4. The van der Waals surface area contributed by atoms with Gasteiger partial charge in [0.2, 0.25) is 5.28 Å². The maximum absolute atomic E-state index is 5.94. The molecule has 5 nitrogen and oxygen atoms in total. The summed E-state index contributed by atoms with van der Waals surface area (Å²) < 4.78 is 0. The van der Waals surface area contributed by atoms with Crippen LogP contribution < -0.4 is 10.6 Å². The molecule has 2 aromatic rings. The van der Waals surface area contributed by atoms with Crippen LogP contribution in [0.1, 0.15) is 11.3 Å². The molecule has 3 heterocycles. The zero-order valence-corrected chi connectivity index (χ0v) is 10.4. The number of anilines is 2. The van der Waals surface area contributed by atoms with Crippen LogP contribution in [0, 0.1) is 0 Å². The number of pyridine rings is 1. The van der Waals surface area contributed by atoms with Gasteiger partial charge in [-0.05, 0) is 23.7 Å². The lowest BCUT2D eigenvalue weighted by atomic mass is 10.1. The molecule has 18 heavy (non-hydrogen) atoms. The average Bonchev–Trinajstić information content (AvgIpc) is 2.40. The van der Waals surface area contributed by atoms with Crippen LogP contribution in [-0.4, -0.2) is 21.5 Å². The number of halogens is 1. The predicted octanol–water partition coefficient (Wildman–Crippen LogP) is 1.91. The highest BCUT2D eigenvalue weighted by Crippen LogP contribution is 2.23. The SMILES string of the molecule is Clc1nc2c(c(Nc3ccccn3)n1)CNCC2. The number of hydrogen-bond acceptors (Lipinski definition) is 5. The molecular formula is C12H12ClN5. The van der Waals surface area contributed by atoms with Crippen LogP contribution in [0.3, 0.4) is 0 Å². The van der Waals surface area contributed by atoms with Crippen molar-refractivity contribution in [2.24, 2.45) is 0 Å². The molecule has 0 saturated heterocycles. The van der Waals surface area contributed by atoms with Crippen LogP contribution in [0.2, 0.25) is 5.28 Å². The van der Waals surface area contributed by atoms with Gasteiger partial charge in [0.1, 0.15) is 11.6 Å². The summed E-state index contributed by atoms with van der Waals surface area (Å²) in [6.45, 7) is 1.67. The predicted molar refractivity (Wildman–Crippen MR) is 70.0 cm³/mol. The summed E-state index contributed by atoms with van der Waals surface area (Å²) in [7, 11) is 0. The molecule has 1 aliphatic rings. The second-order valence-corrected chi connectivity index (χ2v) is 4.37. The van der Waals surface area contributed by atoms with E-state index in [1.165, 1.54) is 0 Å². The fourth-order valence-corrected chi connectivity index (χ4v) is 2.16. The largest absolute Gasteiger partial charge is 0.325 e. The molecule has 0 aromatic carbocycles. The van der Waals surface area contributed by atoms with Crippen molar-refractivity contribution < 1.29 is 0 Å². The fraction of sp³-hybridized carbons (Fsp3) is 0.250. The Bertz CT molecular complexity index is 558. The lowest BCUT2D eigenvalue weighted by Gasteiger charge is -2.19. The third-order valence-electron chi connectivity index (χ3n) is 2.82. The van der Waals surface area contributed by atoms with E-state index in [0.717, 1.165) is 42.4 Å². The minimum absolute atomic E-state index is 0.272. The molecule has 0 spiro atoms. The van der Waals surface area contributed by atoms with Crippen LogP contribution in [-0.2, 0) is 13.0 Å². The molecule has 0 atom stereocenters. The lowest BCUT2D eigenvalue weighted by Crippen LogP contribution is -2.26. The Labute approximate surface area is 110 Å². The normalized spacial score (nSPS) is 14.1. The van der Waals surface area contributed by atoms with E-state index in [9.17, 15) is 0 Å². The zero-order valence-electron chi connectivity index (χ0n) is 9.65. The van der Waals surface area contributed by atoms with Gasteiger partial charge in [-0.15, -0.1) is 0 Å². The summed E-state index contributed by atoms with van der Waals surface area (Å²) in [6.07, 6.45) is 2.60. The monoisotopic (exact) mass is 261 g/mol. The Morgan fingerprint density at radius 3 is 3.06 bits per heavy atom. The minimum Gasteiger partial charge on any atom is -0.325 e. The fourth-order valence-electron chi connectivity index (χ4n) is 1.97. The second kappa shape index (κ2) is 4.88. The summed E-state index contributed by atoms with van der Waals surface area (Å²) >= 11 is 5.94. The Morgan fingerprint density at radius 1 is 1.28 bits per heavy atom. The number of hydrogen-bond donors (Lipinski definition) is 2. The second-order valence-electron chi connectivity index (χ2n) is 4.03. The molecule has 0 aliphatic carbocycles. The molecular weight excluding hydrogens is 250 g/mol. The van der Waals surface area contributed by atoms with E-state index in [-0.39, 0.29) is 5.28 Å². The summed E-state index contributed by atoms with van der Waals surface area (Å²) in [5.41, 5.74) is 2.07. The van der Waals surface area contributed by atoms with Crippen molar-refractivity contribution >= 4 is 23.2 Å². The van der Waals surface area contributed by atoms with E-state index < -0.39 is 0 Å². The van der Waals surface area contributed by atoms with E-state index >= 15 is 0 Å². The number of fused-ring (bicyclic) bond motifs is 1. The summed E-state index contributed by atoms with van der Waals surface area (Å²) in [5, 5.41) is 6.76. The highest BCUT2D eigenvalue weighted by molar-refractivity contribution is 6.28. The van der Waals surface area contributed by atoms with E-state index in [1.807, 2.05) is 18.2 Å². The van der Waals surface area contributed by atoms with Gasteiger partial charge in [0, 0.05) is 31.3 Å². The molecule has 2 aromatic heterocycles. The first-order chi connectivity index (χ1) is 8.83. The molecule has 6 heteroatoms. The maximum atomic E-state index is 5.94. The Kier molecular flexibility index (Phi) is 3.08. The lowest BCUT2D eigenvalue weighted by molar-refractivity contribution is 0.628. The van der Waals surface area contributed by atoms with Crippen molar-refractivity contribution in [3.05, 3.63) is 40.9 Å². The first-order valence-corrected chi connectivity index (χ1v) is 6.15. The van der Waals surface area contributed by atoms with E-state index in [2.05, 4.69) is 25.6 Å². The Morgan fingerprint density at radius 2 is 2.22 bits per heavy atom. The van der Waals surface area contributed by atoms with Gasteiger partial charge in [-0.2, -0.15) is 0 Å². The highest BCUT2D eigenvalue weighted by atomic mass is 35.5. The van der Waals surface area contributed by atoms with Gasteiger partial charge in [0.05, 0.1) is 5.69 Å². The molecule has 1 aliphatic heterocycles. The zero-order chi connectivity index (χ0) is 12.4. The average molecular weight is 262 g/mol. The molecule has 0 saturated carbocycles. The van der Waals surface area contributed by atoms with Crippen molar-refractivity contribution in [1.82, 2.24) is 20.3 Å². The van der Waals surface area contributed by atoms with Crippen molar-refractivity contribution in [1.29, 1.82) is 0 Å². The number of rotatable bonds is 2. The van der Waals surface area contributed by atoms with Gasteiger partial charge in [-0.3, -0.25) is 0 Å². The highest BCUT2D eigenvalue weighted by Gasteiger charge is 2.17. The third kappa shape index (κ3) is 2.27. The van der Waals surface area contributed by atoms with Crippen LogP contribution in [0.25, 0.3) is 0 Å². The van der Waals surface area contributed by atoms with Crippen LogP contribution in [0.15, 0.2) is 24.4 Å². The van der Waals surface area contributed by atoms with Crippen LogP contribution in [0.4, 0.5) is 11.6 Å². The van der Waals surface area contributed by atoms with E-state index in [1.54, 1.807) is 6.20 Å². The van der Waals surface area contributed by atoms with E-state index in [0.29, 0.717) is 0 Å². The molecule has 0 fully saturated rings. The molecule has 92 valence electrons.